The quantitative estimate of drug-likeness (QED) is 0.207. The lowest BCUT2D eigenvalue weighted by molar-refractivity contribution is -0.138. The van der Waals surface area contributed by atoms with E-state index in [0.29, 0.717) is 38.0 Å². The van der Waals surface area contributed by atoms with Crippen molar-refractivity contribution in [3.8, 4) is 5.75 Å². The van der Waals surface area contributed by atoms with Crippen molar-refractivity contribution in [3.63, 3.8) is 0 Å². The third kappa shape index (κ3) is 11.2. The molecule has 2 N–H and O–H groups in total. The van der Waals surface area contributed by atoms with Crippen LogP contribution in [0.5, 0.6) is 5.75 Å². The Bertz CT molecular complexity index is 1350. The van der Waals surface area contributed by atoms with Gasteiger partial charge >= 0.3 is 0 Å². The molecule has 2 amide bonds. The zero-order valence-corrected chi connectivity index (χ0v) is 28.4. The van der Waals surface area contributed by atoms with Crippen LogP contribution in [0.15, 0.2) is 84.9 Å². The Balaban J connectivity index is 1.24. The van der Waals surface area contributed by atoms with Crippen molar-refractivity contribution >= 4 is 11.8 Å². The van der Waals surface area contributed by atoms with Gasteiger partial charge in [0, 0.05) is 39.1 Å². The Morgan fingerprint density at radius 2 is 1.40 bits per heavy atom. The summed E-state index contributed by atoms with van der Waals surface area (Å²) in [5, 5.41) is 6.84. The number of carbonyl (C=O) groups is 2. The van der Waals surface area contributed by atoms with Gasteiger partial charge in [0.05, 0.1) is 6.04 Å². The van der Waals surface area contributed by atoms with Crippen LogP contribution in [0.25, 0.3) is 0 Å². The van der Waals surface area contributed by atoms with E-state index < -0.39 is 6.04 Å². The van der Waals surface area contributed by atoms with Crippen molar-refractivity contribution in [2.75, 3.05) is 32.7 Å². The molecule has 0 spiro atoms. The summed E-state index contributed by atoms with van der Waals surface area (Å²) in [6.07, 6.45) is 7.50. The first-order valence-electron chi connectivity index (χ1n) is 17.8. The fourth-order valence-corrected chi connectivity index (χ4v) is 6.81. The Hall–Kier alpha value is -3.68. The van der Waals surface area contributed by atoms with E-state index in [0.717, 1.165) is 49.5 Å². The maximum absolute atomic E-state index is 14.1. The molecule has 2 unspecified atom stereocenters. The lowest BCUT2D eigenvalue weighted by Crippen LogP contribution is -2.58. The first kappa shape index (κ1) is 34.6. The van der Waals surface area contributed by atoms with Gasteiger partial charge in [-0.25, -0.2) is 0 Å². The number of rotatable bonds is 15. The molecule has 47 heavy (non-hydrogen) atoms. The van der Waals surface area contributed by atoms with Crippen LogP contribution < -0.4 is 15.4 Å². The highest BCUT2D eigenvalue weighted by Crippen LogP contribution is 2.23. The van der Waals surface area contributed by atoms with Crippen molar-refractivity contribution in [1.82, 2.24) is 20.4 Å². The number of nitrogens with one attached hydrogen (secondary N) is 2. The second-order valence-corrected chi connectivity index (χ2v) is 13.9. The average molecular weight is 639 g/mol. The Kier molecular flexibility index (Phi) is 13.3. The lowest BCUT2D eigenvalue weighted by atomic mass is 9.89. The summed E-state index contributed by atoms with van der Waals surface area (Å²) in [6, 6.07) is 27.6. The minimum atomic E-state index is -0.634. The summed E-state index contributed by atoms with van der Waals surface area (Å²) < 4.78 is 6.00. The Labute approximate surface area is 282 Å². The molecule has 0 bridgehead atoms. The summed E-state index contributed by atoms with van der Waals surface area (Å²) in [5.41, 5.74) is 3.39. The van der Waals surface area contributed by atoms with Gasteiger partial charge in [-0.2, -0.15) is 0 Å². The number of hydrogen-bond donors (Lipinski definition) is 2. The molecule has 0 aromatic heterocycles. The highest BCUT2D eigenvalue weighted by atomic mass is 16.5. The molecular formula is C40H54N4O3. The molecule has 0 radical (unpaired) electrons. The number of hydrogen-bond acceptors (Lipinski definition) is 5. The number of nitrogens with zero attached hydrogens (tertiary/aromatic N) is 2. The molecule has 1 saturated carbocycles. The van der Waals surface area contributed by atoms with Crippen molar-refractivity contribution in [2.24, 2.45) is 11.8 Å². The van der Waals surface area contributed by atoms with Gasteiger partial charge in [0.2, 0.25) is 11.8 Å². The van der Waals surface area contributed by atoms with E-state index in [9.17, 15) is 9.59 Å². The summed E-state index contributed by atoms with van der Waals surface area (Å²) in [7, 11) is 0. The van der Waals surface area contributed by atoms with E-state index in [1.165, 1.54) is 37.7 Å². The van der Waals surface area contributed by atoms with Gasteiger partial charge in [0.15, 0.2) is 0 Å². The fraction of sp³-hybridized carbons (Fsp3) is 0.500. The minimum absolute atomic E-state index is 0.00214. The van der Waals surface area contributed by atoms with Crippen molar-refractivity contribution < 1.29 is 14.3 Å². The molecule has 1 aliphatic heterocycles. The second-order valence-electron chi connectivity index (χ2n) is 13.9. The standard InChI is InChI=1S/C40H54N4O3/c1-31(2)26-37(41-28-33-12-6-3-7-13-33)39(45)42-38(27-32-18-20-36(21-19-32)47-30-35-16-10-5-11-17-35)40(46)44-24-22-43(23-25-44)29-34-14-8-4-9-15-34/h4-5,8-11,14-21,31,33,37-38,41H,3,6-7,12-13,22-30H2,1-2H3,(H,42,45). The van der Waals surface area contributed by atoms with E-state index in [2.05, 4.69) is 53.6 Å². The normalized spacial score (nSPS) is 17.3. The van der Waals surface area contributed by atoms with Crippen LogP contribution in [-0.4, -0.2) is 66.4 Å². The molecule has 5 rings (SSSR count). The van der Waals surface area contributed by atoms with Gasteiger partial charge in [0.1, 0.15) is 18.4 Å². The number of carbonyl (C=O) groups excluding carboxylic acids is 2. The Morgan fingerprint density at radius 3 is 2.04 bits per heavy atom. The first-order valence-corrected chi connectivity index (χ1v) is 17.8. The molecule has 1 aliphatic carbocycles. The molecule has 7 heteroatoms. The monoisotopic (exact) mass is 638 g/mol. The van der Waals surface area contributed by atoms with E-state index in [1.54, 1.807) is 0 Å². The van der Waals surface area contributed by atoms with E-state index in [1.807, 2.05) is 65.6 Å². The van der Waals surface area contributed by atoms with Crippen molar-refractivity contribution in [2.45, 2.75) is 84.0 Å². The second kappa shape index (κ2) is 18.0. The molecule has 2 fully saturated rings. The van der Waals surface area contributed by atoms with Gasteiger partial charge in [0.25, 0.3) is 0 Å². The molecule has 252 valence electrons. The molecule has 1 heterocycles. The maximum Gasteiger partial charge on any atom is 0.245 e. The van der Waals surface area contributed by atoms with E-state index in [4.69, 9.17) is 4.74 Å². The van der Waals surface area contributed by atoms with Crippen LogP contribution >= 0.6 is 0 Å². The number of ether oxygens (including phenoxy) is 1. The van der Waals surface area contributed by atoms with Crippen molar-refractivity contribution in [3.05, 3.63) is 102 Å². The average Bonchev–Trinajstić information content (AvgIpc) is 3.10. The topological polar surface area (TPSA) is 73.9 Å². The predicted octanol–water partition coefficient (Wildman–Crippen LogP) is 6.22. The molecule has 2 aliphatic rings. The lowest BCUT2D eigenvalue weighted by Gasteiger charge is -2.37. The van der Waals surface area contributed by atoms with Gasteiger partial charge in [-0.15, -0.1) is 0 Å². The third-order valence-electron chi connectivity index (χ3n) is 9.56. The smallest absolute Gasteiger partial charge is 0.245 e. The van der Waals surface area contributed by atoms with E-state index in [-0.39, 0.29) is 17.9 Å². The van der Waals surface area contributed by atoms with Crippen LogP contribution in [0.2, 0.25) is 0 Å². The van der Waals surface area contributed by atoms with Crippen molar-refractivity contribution in [1.29, 1.82) is 0 Å². The fourth-order valence-electron chi connectivity index (χ4n) is 6.81. The van der Waals surface area contributed by atoms with Gasteiger partial charge < -0.3 is 20.3 Å². The van der Waals surface area contributed by atoms with Crippen LogP contribution in [-0.2, 0) is 29.2 Å². The van der Waals surface area contributed by atoms with Crippen LogP contribution in [0.1, 0.15) is 69.1 Å². The van der Waals surface area contributed by atoms with Gasteiger partial charge in [-0.1, -0.05) is 106 Å². The van der Waals surface area contributed by atoms with Crippen LogP contribution in [0.4, 0.5) is 0 Å². The van der Waals surface area contributed by atoms with Gasteiger partial charge in [-0.05, 0) is 66.5 Å². The summed E-state index contributed by atoms with van der Waals surface area (Å²) >= 11 is 0. The van der Waals surface area contributed by atoms with Gasteiger partial charge in [-0.3, -0.25) is 14.5 Å². The Morgan fingerprint density at radius 1 is 0.766 bits per heavy atom. The van der Waals surface area contributed by atoms with E-state index >= 15 is 0 Å². The number of amides is 2. The molecular weight excluding hydrogens is 584 g/mol. The number of benzene rings is 3. The third-order valence-corrected chi connectivity index (χ3v) is 9.56. The first-order chi connectivity index (χ1) is 22.9. The molecule has 2 atom stereocenters. The molecule has 7 nitrogen and oxygen atoms in total. The molecule has 3 aromatic rings. The largest absolute Gasteiger partial charge is 0.489 e. The zero-order valence-electron chi connectivity index (χ0n) is 28.4. The highest BCUT2D eigenvalue weighted by molar-refractivity contribution is 5.90. The highest BCUT2D eigenvalue weighted by Gasteiger charge is 2.31. The molecule has 1 saturated heterocycles. The van der Waals surface area contributed by atoms with Crippen LogP contribution in [0, 0.1) is 11.8 Å². The summed E-state index contributed by atoms with van der Waals surface area (Å²) in [4.78, 5) is 32.4. The molecule has 3 aromatic carbocycles. The zero-order chi connectivity index (χ0) is 32.8. The van der Waals surface area contributed by atoms with Crippen LogP contribution in [0.3, 0.4) is 0 Å². The predicted molar refractivity (Wildman–Crippen MR) is 189 cm³/mol. The minimum Gasteiger partial charge on any atom is -0.489 e. The summed E-state index contributed by atoms with van der Waals surface area (Å²) in [5.74, 6) is 1.69. The maximum atomic E-state index is 14.1. The SMILES string of the molecule is CC(C)CC(NCC1CCCCC1)C(=O)NC(Cc1ccc(OCc2ccccc2)cc1)C(=O)N1CCN(Cc2ccccc2)CC1. The summed E-state index contributed by atoms with van der Waals surface area (Å²) in [6.45, 7) is 9.48. The number of piperazine rings is 1.